The van der Waals surface area contributed by atoms with Crippen molar-refractivity contribution in [1.82, 2.24) is 0 Å². The number of aryl methyl sites for hydroxylation is 1. The molecule has 0 aliphatic heterocycles. The number of thiophene rings is 1. The van der Waals surface area contributed by atoms with Gasteiger partial charge in [-0.2, -0.15) is 0 Å². The first-order valence-corrected chi connectivity index (χ1v) is 5.99. The first-order valence-electron chi connectivity index (χ1n) is 5.11. The number of hydrogen-bond acceptors (Lipinski definition) is 2. The third-order valence-corrected chi connectivity index (χ3v) is 3.43. The second kappa shape index (κ2) is 4.60. The molecule has 0 amide bonds. The summed E-state index contributed by atoms with van der Waals surface area (Å²) >= 11 is 1.74. The Balaban J connectivity index is 2.52. The van der Waals surface area contributed by atoms with E-state index in [1.807, 2.05) is 6.07 Å². The summed E-state index contributed by atoms with van der Waals surface area (Å²) in [6.45, 7) is 2.27. The molecule has 0 radical (unpaired) electrons. The predicted octanol–water partition coefficient (Wildman–Crippen LogP) is 3.47. The Morgan fingerprint density at radius 3 is 2.73 bits per heavy atom. The van der Waals surface area contributed by atoms with Gasteiger partial charge in [0.05, 0.1) is 6.61 Å². The molecule has 0 fully saturated rings. The third-order valence-electron chi connectivity index (χ3n) is 2.52. The molecule has 0 aliphatic carbocycles. The van der Waals surface area contributed by atoms with E-state index in [9.17, 15) is 0 Å². The number of aliphatic hydroxyl groups excluding tert-OH is 1. The van der Waals surface area contributed by atoms with Crippen molar-refractivity contribution in [3.05, 3.63) is 46.8 Å². The summed E-state index contributed by atoms with van der Waals surface area (Å²) in [5.74, 6) is 0. The lowest BCUT2D eigenvalue weighted by atomic mass is 10.0. The highest BCUT2D eigenvalue weighted by atomic mass is 32.1. The normalized spacial score (nSPS) is 10.5. The summed E-state index contributed by atoms with van der Waals surface area (Å²) in [4.78, 5) is 1.28. The van der Waals surface area contributed by atoms with E-state index in [1.54, 1.807) is 11.3 Å². The highest BCUT2D eigenvalue weighted by molar-refractivity contribution is 7.13. The van der Waals surface area contributed by atoms with Crippen LogP contribution in [-0.4, -0.2) is 5.11 Å². The van der Waals surface area contributed by atoms with Crippen LogP contribution in [0.15, 0.2) is 35.7 Å². The van der Waals surface area contributed by atoms with Crippen molar-refractivity contribution in [2.24, 2.45) is 0 Å². The van der Waals surface area contributed by atoms with Gasteiger partial charge >= 0.3 is 0 Å². The predicted molar refractivity (Wildman–Crippen MR) is 65.1 cm³/mol. The molecule has 0 unspecified atom stereocenters. The van der Waals surface area contributed by atoms with Crippen LogP contribution in [0.2, 0.25) is 0 Å². The zero-order chi connectivity index (χ0) is 10.7. The molecule has 1 aromatic heterocycles. The zero-order valence-electron chi connectivity index (χ0n) is 8.73. The van der Waals surface area contributed by atoms with Crippen LogP contribution in [0.25, 0.3) is 10.4 Å². The minimum Gasteiger partial charge on any atom is -0.392 e. The van der Waals surface area contributed by atoms with E-state index in [0.717, 1.165) is 12.0 Å². The minimum atomic E-state index is 0.113. The average Bonchev–Trinajstić information content (AvgIpc) is 2.81. The lowest BCUT2D eigenvalue weighted by Crippen LogP contribution is -1.89. The molecule has 15 heavy (non-hydrogen) atoms. The second-order valence-electron chi connectivity index (χ2n) is 3.48. The molecule has 1 nitrogen and oxygen atoms in total. The van der Waals surface area contributed by atoms with E-state index in [1.165, 1.54) is 16.0 Å². The van der Waals surface area contributed by atoms with E-state index in [0.29, 0.717) is 0 Å². The Bertz CT molecular complexity index is 432. The van der Waals surface area contributed by atoms with Gasteiger partial charge in [0.25, 0.3) is 0 Å². The third kappa shape index (κ3) is 2.11. The topological polar surface area (TPSA) is 20.2 Å². The van der Waals surface area contributed by atoms with Crippen LogP contribution in [0.3, 0.4) is 0 Å². The molecule has 1 heterocycles. The monoisotopic (exact) mass is 218 g/mol. The van der Waals surface area contributed by atoms with Crippen LogP contribution < -0.4 is 0 Å². The van der Waals surface area contributed by atoms with Crippen molar-refractivity contribution >= 4 is 11.3 Å². The number of rotatable bonds is 3. The summed E-state index contributed by atoms with van der Waals surface area (Å²) in [5, 5.41) is 11.2. The maximum absolute atomic E-state index is 9.13. The fourth-order valence-corrected chi connectivity index (χ4v) is 2.47. The van der Waals surface area contributed by atoms with Crippen LogP contribution in [0.4, 0.5) is 0 Å². The zero-order valence-corrected chi connectivity index (χ0v) is 9.55. The van der Waals surface area contributed by atoms with Gasteiger partial charge in [-0.1, -0.05) is 25.1 Å². The molecule has 0 spiro atoms. The summed E-state index contributed by atoms with van der Waals surface area (Å²) in [6, 6.07) is 10.4. The molecule has 0 saturated heterocycles. The first-order chi connectivity index (χ1) is 7.35. The fraction of sp³-hybridized carbons (Fsp3) is 0.231. The molecule has 1 aromatic carbocycles. The Labute approximate surface area is 94.0 Å². The van der Waals surface area contributed by atoms with Gasteiger partial charge in [0, 0.05) is 4.88 Å². The lowest BCUT2D eigenvalue weighted by molar-refractivity contribution is 0.282. The van der Waals surface area contributed by atoms with Gasteiger partial charge in [-0.25, -0.2) is 0 Å². The van der Waals surface area contributed by atoms with Crippen molar-refractivity contribution in [3.63, 3.8) is 0 Å². The van der Waals surface area contributed by atoms with Crippen molar-refractivity contribution in [1.29, 1.82) is 0 Å². The van der Waals surface area contributed by atoms with E-state index in [4.69, 9.17) is 5.11 Å². The average molecular weight is 218 g/mol. The highest BCUT2D eigenvalue weighted by Gasteiger charge is 2.05. The molecular formula is C13H14OS. The second-order valence-corrected chi connectivity index (χ2v) is 4.43. The molecule has 2 rings (SSSR count). The highest BCUT2D eigenvalue weighted by Crippen LogP contribution is 2.29. The maximum atomic E-state index is 9.13. The van der Waals surface area contributed by atoms with Crippen LogP contribution in [-0.2, 0) is 13.0 Å². The van der Waals surface area contributed by atoms with E-state index >= 15 is 0 Å². The van der Waals surface area contributed by atoms with Gasteiger partial charge < -0.3 is 5.11 Å². The fourth-order valence-electron chi connectivity index (χ4n) is 1.69. The first kappa shape index (κ1) is 10.4. The molecule has 2 heteroatoms. The van der Waals surface area contributed by atoms with Crippen LogP contribution in [0.5, 0.6) is 0 Å². The van der Waals surface area contributed by atoms with Crippen molar-refractivity contribution in [2.45, 2.75) is 20.0 Å². The van der Waals surface area contributed by atoms with E-state index in [2.05, 4.69) is 36.6 Å². The lowest BCUT2D eigenvalue weighted by Gasteiger charge is -2.07. The Morgan fingerprint density at radius 2 is 2.13 bits per heavy atom. The summed E-state index contributed by atoms with van der Waals surface area (Å²) in [5.41, 5.74) is 3.59. The number of benzene rings is 1. The van der Waals surface area contributed by atoms with Crippen LogP contribution >= 0.6 is 11.3 Å². The van der Waals surface area contributed by atoms with Gasteiger partial charge in [-0.05, 0) is 40.6 Å². The van der Waals surface area contributed by atoms with E-state index in [-0.39, 0.29) is 6.61 Å². The summed E-state index contributed by atoms with van der Waals surface area (Å²) < 4.78 is 0. The Hall–Kier alpha value is -1.12. The standard InChI is InChI=1S/C13H14OS/c1-2-11-6-5-10(9-14)8-12(11)13-4-3-7-15-13/h3-8,14H,2,9H2,1H3. The molecule has 78 valence electrons. The van der Waals surface area contributed by atoms with Crippen molar-refractivity contribution < 1.29 is 5.11 Å². The van der Waals surface area contributed by atoms with Gasteiger partial charge in [0.2, 0.25) is 0 Å². The SMILES string of the molecule is CCc1ccc(CO)cc1-c1cccs1. The molecule has 0 saturated carbocycles. The summed E-state index contributed by atoms with van der Waals surface area (Å²) in [6.07, 6.45) is 1.03. The number of hydrogen-bond donors (Lipinski definition) is 1. The smallest absolute Gasteiger partial charge is 0.0682 e. The van der Waals surface area contributed by atoms with Gasteiger partial charge in [-0.15, -0.1) is 11.3 Å². The van der Waals surface area contributed by atoms with E-state index < -0.39 is 0 Å². The molecule has 0 atom stereocenters. The maximum Gasteiger partial charge on any atom is 0.0682 e. The molecule has 2 aromatic rings. The minimum absolute atomic E-state index is 0.113. The van der Waals surface area contributed by atoms with Crippen molar-refractivity contribution in [2.75, 3.05) is 0 Å². The van der Waals surface area contributed by atoms with Gasteiger partial charge in [-0.3, -0.25) is 0 Å². The number of aliphatic hydroxyl groups is 1. The quantitative estimate of drug-likeness (QED) is 0.836. The molecular weight excluding hydrogens is 204 g/mol. The molecule has 0 aliphatic rings. The Morgan fingerprint density at radius 1 is 1.27 bits per heavy atom. The van der Waals surface area contributed by atoms with Gasteiger partial charge in [0.1, 0.15) is 0 Å². The Kier molecular flexibility index (Phi) is 3.19. The largest absolute Gasteiger partial charge is 0.392 e. The van der Waals surface area contributed by atoms with Gasteiger partial charge in [0.15, 0.2) is 0 Å². The van der Waals surface area contributed by atoms with Crippen molar-refractivity contribution in [3.8, 4) is 10.4 Å². The summed E-state index contributed by atoms with van der Waals surface area (Å²) in [7, 11) is 0. The van der Waals surface area contributed by atoms with Crippen LogP contribution in [0, 0.1) is 0 Å². The molecule has 0 bridgehead atoms. The molecule has 1 N–H and O–H groups in total. The van der Waals surface area contributed by atoms with Crippen LogP contribution in [0.1, 0.15) is 18.1 Å².